The van der Waals surface area contributed by atoms with Gasteiger partial charge < -0.3 is 4.57 Å². The monoisotopic (exact) mass is 486 g/mol. The summed E-state index contributed by atoms with van der Waals surface area (Å²) in [6.07, 6.45) is 6.53. The number of carbonyl (C=O) groups excluding carboxylic acids is 2. The van der Waals surface area contributed by atoms with E-state index in [0.29, 0.717) is 28.0 Å². The molecule has 4 nitrogen and oxygen atoms in total. The zero-order chi connectivity index (χ0) is 22.8. The zero-order valence-electron chi connectivity index (χ0n) is 18.0. The maximum Gasteiger partial charge on any atom is 0.293 e. The summed E-state index contributed by atoms with van der Waals surface area (Å²) in [4.78, 5) is 27.0. The minimum atomic E-state index is -0.203. The minimum absolute atomic E-state index is 0.191. The highest BCUT2D eigenvalue weighted by Crippen LogP contribution is 2.35. The number of halogens is 2. The summed E-state index contributed by atoms with van der Waals surface area (Å²) in [7, 11) is 0. The molecule has 0 unspecified atom stereocenters. The molecule has 2 amide bonds. The van der Waals surface area contributed by atoms with Gasteiger partial charge in [-0.2, -0.15) is 0 Å². The summed E-state index contributed by atoms with van der Waals surface area (Å²) in [6.45, 7) is 5.26. The zero-order valence-corrected chi connectivity index (χ0v) is 20.4. The fourth-order valence-corrected chi connectivity index (χ4v) is 5.15. The van der Waals surface area contributed by atoms with Crippen molar-refractivity contribution in [2.24, 2.45) is 0 Å². The number of unbranched alkanes of at least 4 members (excludes halogenated alkanes) is 1. The predicted octanol–water partition coefficient (Wildman–Crippen LogP) is 7.40. The fourth-order valence-electron chi connectivity index (χ4n) is 3.98. The van der Waals surface area contributed by atoms with E-state index in [4.69, 9.17) is 23.2 Å². The van der Waals surface area contributed by atoms with Crippen molar-refractivity contribution in [3.05, 3.63) is 74.2 Å². The number of hydrogen-bond acceptors (Lipinski definition) is 3. The average Bonchev–Trinajstić information content (AvgIpc) is 3.26. The molecule has 7 heteroatoms. The van der Waals surface area contributed by atoms with Crippen molar-refractivity contribution in [3.63, 3.8) is 0 Å². The third-order valence-electron chi connectivity index (χ3n) is 5.63. The van der Waals surface area contributed by atoms with Gasteiger partial charge in [-0.1, -0.05) is 67.7 Å². The number of amides is 2. The van der Waals surface area contributed by atoms with E-state index in [2.05, 4.69) is 23.6 Å². The molecule has 0 radical (unpaired) electrons. The van der Waals surface area contributed by atoms with Crippen LogP contribution in [0, 0.1) is 0 Å². The van der Waals surface area contributed by atoms with Crippen molar-refractivity contribution in [1.82, 2.24) is 9.47 Å². The molecule has 0 spiro atoms. The SMILES string of the molecule is CCCCN1C(=O)S/C(=C\c2cn(Cc3ccc(Cl)c(Cl)c3)c3c(CC)cccc23)C1=O. The van der Waals surface area contributed by atoms with Crippen LogP contribution in [0.25, 0.3) is 17.0 Å². The first kappa shape index (κ1) is 23.0. The average molecular weight is 487 g/mol. The van der Waals surface area contributed by atoms with Gasteiger partial charge in [-0.15, -0.1) is 0 Å². The quantitative estimate of drug-likeness (QED) is 0.326. The molecule has 1 aromatic heterocycles. The summed E-state index contributed by atoms with van der Waals surface area (Å²) in [6, 6.07) is 11.9. The first-order valence-corrected chi connectivity index (χ1v) is 12.3. The Morgan fingerprint density at radius 2 is 1.88 bits per heavy atom. The molecule has 1 saturated heterocycles. The molecule has 0 atom stereocenters. The fraction of sp³-hybridized carbons (Fsp3) is 0.280. The number of hydrogen-bond donors (Lipinski definition) is 0. The summed E-state index contributed by atoms with van der Waals surface area (Å²) in [5.74, 6) is -0.203. The molecule has 0 saturated carbocycles. The van der Waals surface area contributed by atoms with Crippen molar-refractivity contribution in [2.45, 2.75) is 39.7 Å². The number of imide groups is 1. The number of carbonyl (C=O) groups is 2. The van der Waals surface area contributed by atoms with Crippen LogP contribution in [-0.4, -0.2) is 27.2 Å². The van der Waals surface area contributed by atoms with Crippen molar-refractivity contribution < 1.29 is 9.59 Å². The number of thioether (sulfide) groups is 1. The smallest absolute Gasteiger partial charge is 0.293 e. The molecule has 32 heavy (non-hydrogen) atoms. The number of benzene rings is 2. The molecule has 4 rings (SSSR count). The van der Waals surface area contributed by atoms with Crippen LogP contribution < -0.4 is 0 Å². The van der Waals surface area contributed by atoms with E-state index < -0.39 is 0 Å². The summed E-state index contributed by atoms with van der Waals surface area (Å²) >= 11 is 13.3. The molecule has 0 bridgehead atoms. The number of aromatic nitrogens is 1. The number of fused-ring (bicyclic) bond motifs is 1. The number of para-hydroxylation sites is 1. The Kier molecular flexibility index (Phi) is 6.99. The van der Waals surface area contributed by atoms with E-state index >= 15 is 0 Å². The normalized spacial score (nSPS) is 15.5. The van der Waals surface area contributed by atoms with Crippen LogP contribution in [0.15, 0.2) is 47.5 Å². The van der Waals surface area contributed by atoms with Gasteiger partial charge in [0.05, 0.1) is 20.5 Å². The first-order chi connectivity index (χ1) is 15.4. The lowest BCUT2D eigenvalue weighted by molar-refractivity contribution is -0.122. The van der Waals surface area contributed by atoms with Crippen molar-refractivity contribution in [1.29, 1.82) is 0 Å². The molecule has 1 fully saturated rings. The molecule has 3 aromatic rings. The van der Waals surface area contributed by atoms with E-state index in [1.54, 1.807) is 6.07 Å². The van der Waals surface area contributed by atoms with Crippen LogP contribution in [-0.2, 0) is 17.8 Å². The van der Waals surface area contributed by atoms with E-state index in [-0.39, 0.29) is 11.1 Å². The highest BCUT2D eigenvalue weighted by atomic mass is 35.5. The topological polar surface area (TPSA) is 42.3 Å². The number of rotatable bonds is 7. The molecule has 2 heterocycles. The standard InChI is InChI=1S/C25H24Cl2N2O2S/c1-3-5-11-29-24(30)22(32-25(29)31)13-18-15-28(14-16-9-10-20(26)21(27)12-16)23-17(4-2)7-6-8-19(18)23/h6-10,12-13,15H,3-5,11,14H2,1-2H3/b22-13-. The van der Waals surface area contributed by atoms with E-state index in [9.17, 15) is 9.59 Å². The van der Waals surface area contributed by atoms with Crippen LogP contribution in [0.5, 0.6) is 0 Å². The van der Waals surface area contributed by atoms with Gasteiger partial charge in [0.25, 0.3) is 11.1 Å². The molecule has 0 aliphatic carbocycles. The first-order valence-electron chi connectivity index (χ1n) is 10.7. The Hall–Kier alpha value is -2.21. The van der Waals surface area contributed by atoms with Crippen LogP contribution in [0.1, 0.15) is 43.4 Å². The second kappa shape index (κ2) is 9.74. The van der Waals surface area contributed by atoms with Crippen molar-refractivity contribution >= 4 is 63.1 Å². The van der Waals surface area contributed by atoms with Gasteiger partial charge in [0.1, 0.15) is 0 Å². The van der Waals surface area contributed by atoms with Crippen LogP contribution in [0.3, 0.4) is 0 Å². The van der Waals surface area contributed by atoms with Gasteiger partial charge in [-0.05, 0) is 53.9 Å². The van der Waals surface area contributed by atoms with E-state index in [1.807, 2.05) is 37.4 Å². The van der Waals surface area contributed by atoms with Gasteiger partial charge >= 0.3 is 0 Å². The van der Waals surface area contributed by atoms with Gasteiger partial charge in [-0.3, -0.25) is 14.5 Å². The maximum absolute atomic E-state index is 12.8. The largest absolute Gasteiger partial charge is 0.342 e. The van der Waals surface area contributed by atoms with Gasteiger partial charge in [0.2, 0.25) is 0 Å². The lowest BCUT2D eigenvalue weighted by Crippen LogP contribution is -2.29. The summed E-state index contributed by atoms with van der Waals surface area (Å²) in [5.41, 5.74) is 4.31. The molecular formula is C25H24Cl2N2O2S. The Morgan fingerprint density at radius 1 is 1.06 bits per heavy atom. The second-order valence-electron chi connectivity index (χ2n) is 7.81. The Balaban J connectivity index is 1.76. The van der Waals surface area contributed by atoms with Crippen LogP contribution in [0.4, 0.5) is 4.79 Å². The molecular weight excluding hydrogens is 463 g/mol. The highest BCUT2D eigenvalue weighted by Gasteiger charge is 2.34. The Morgan fingerprint density at radius 3 is 2.59 bits per heavy atom. The number of nitrogens with zero attached hydrogens (tertiary/aromatic N) is 2. The molecule has 166 valence electrons. The third-order valence-corrected chi connectivity index (χ3v) is 7.27. The highest BCUT2D eigenvalue weighted by molar-refractivity contribution is 8.18. The van der Waals surface area contributed by atoms with Gasteiger partial charge in [0.15, 0.2) is 0 Å². The van der Waals surface area contributed by atoms with Gasteiger partial charge in [0, 0.05) is 30.2 Å². The van der Waals surface area contributed by atoms with E-state index in [0.717, 1.165) is 53.1 Å². The Labute approximate surface area is 202 Å². The van der Waals surface area contributed by atoms with Crippen molar-refractivity contribution in [3.8, 4) is 0 Å². The summed E-state index contributed by atoms with van der Waals surface area (Å²) < 4.78 is 2.18. The van der Waals surface area contributed by atoms with Crippen LogP contribution >= 0.6 is 35.0 Å². The minimum Gasteiger partial charge on any atom is -0.342 e. The molecule has 2 aromatic carbocycles. The molecule has 1 aliphatic heterocycles. The summed E-state index contributed by atoms with van der Waals surface area (Å²) in [5, 5.41) is 1.92. The second-order valence-corrected chi connectivity index (χ2v) is 9.62. The number of aryl methyl sites for hydroxylation is 1. The Bertz CT molecular complexity index is 1230. The lowest BCUT2D eigenvalue weighted by Gasteiger charge is -2.10. The molecule has 0 N–H and O–H groups in total. The van der Waals surface area contributed by atoms with Crippen molar-refractivity contribution in [2.75, 3.05) is 6.54 Å². The maximum atomic E-state index is 12.8. The van der Waals surface area contributed by atoms with E-state index in [1.165, 1.54) is 10.5 Å². The third kappa shape index (κ3) is 4.47. The molecule has 1 aliphatic rings. The predicted molar refractivity (Wildman–Crippen MR) is 134 cm³/mol. The lowest BCUT2D eigenvalue weighted by atomic mass is 10.1. The van der Waals surface area contributed by atoms with Crippen LogP contribution in [0.2, 0.25) is 10.0 Å². The van der Waals surface area contributed by atoms with Gasteiger partial charge in [-0.25, -0.2) is 0 Å².